The number of nitrogens with zero attached hydrogens (tertiary/aromatic N) is 3. The van der Waals surface area contributed by atoms with Crippen molar-refractivity contribution in [1.82, 2.24) is 15.2 Å². The fourth-order valence-corrected chi connectivity index (χ4v) is 0.686. The molecule has 0 radical (unpaired) electrons. The van der Waals surface area contributed by atoms with E-state index in [-0.39, 0.29) is 5.69 Å². The zero-order valence-electron chi connectivity index (χ0n) is 6.11. The molecule has 6 nitrogen and oxygen atoms in total. The zero-order chi connectivity index (χ0) is 8.43. The Labute approximate surface area is 62.3 Å². The standard InChI is InChI=1S/C5H7N3O3/c1-3-4(5(9)10)6-7-8(3)11-2/h1-2H3,(H,9,10). The van der Waals surface area contributed by atoms with Crippen LogP contribution in [-0.2, 0) is 0 Å². The summed E-state index contributed by atoms with van der Waals surface area (Å²) in [5, 5.41) is 15.3. The maximum absolute atomic E-state index is 10.4. The van der Waals surface area contributed by atoms with E-state index >= 15 is 0 Å². The highest BCUT2D eigenvalue weighted by Crippen LogP contribution is 2.00. The van der Waals surface area contributed by atoms with Crippen molar-refractivity contribution < 1.29 is 14.7 Å². The van der Waals surface area contributed by atoms with E-state index in [9.17, 15) is 4.79 Å². The number of carboxylic acid groups (broad SMARTS) is 1. The molecule has 0 aliphatic carbocycles. The SMILES string of the molecule is COn1nnc(C(=O)O)c1C. The Balaban J connectivity index is 3.10. The predicted molar refractivity (Wildman–Crippen MR) is 34.2 cm³/mol. The molecule has 11 heavy (non-hydrogen) atoms. The average molecular weight is 157 g/mol. The van der Waals surface area contributed by atoms with Crippen LogP contribution >= 0.6 is 0 Å². The van der Waals surface area contributed by atoms with Gasteiger partial charge in [0.1, 0.15) is 12.8 Å². The molecule has 0 unspecified atom stereocenters. The van der Waals surface area contributed by atoms with Gasteiger partial charge in [-0.1, -0.05) is 4.85 Å². The van der Waals surface area contributed by atoms with Gasteiger partial charge in [0.2, 0.25) is 0 Å². The number of carbonyl (C=O) groups is 1. The summed E-state index contributed by atoms with van der Waals surface area (Å²) in [5.41, 5.74) is 0.284. The van der Waals surface area contributed by atoms with Crippen LogP contribution in [-0.4, -0.2) is 33.3 Å². The van der Waals surface area contributed by atoms with Gasteiger partial charge >= 0.3 is 5.97 Å². The quantitative estimate of drug-likeness (QED) is 0.616. The van der Waals surface area contributed by atoms with Gasteiger partial charge in [0.05, 0.1) is 0 Å². The summed E-state index contributed by atoms with van der Waals surface area (Å²) >= 11 is 0. The third-order valence-electron chi connectivity index (χ3n) is 1.23. The number of hydrogen-bond donors (Lipinski definition) is 1. The van der Waals surface area contributed by atoms with Gasteiger partial charge in [-0.25, -0.2) is 4.79 Å². The minimum absolute atomic E-state index is 0.0909. The Morgan fingerprint density at radius 2 is 2.36 bits per heavy atom. The number of hydrogen-bond acceptors (Lipinski definition) is 4. The summed E-state index contributed by atoms with van der Waals surface area (Å²) in [4.78, 5) is 16.1. The van der Waals surface area contributed by atoms with Gasteiger partial charge < -0.3 is 9.94 Å². The molecule has 60 valence electrons. The number of aromatic nitrogens is 3. The highest BCUT2D eigenvalue weighted by molar-refractivity contribution is 5.86. The molecule has 0 saturated carbocycles. The first-order valence-corrected chi connectivity index (χ1v) is 2.87. The van der Waals surface area contributed by atoms with E-state index in [2.05, 4.69) is 15.1 Å². The van der Waals surface area contributed by atoms with Crippen molar-refractivity contribution in [2.24, 2.45) is 0 Å². The third kappa shape index (κ3) is 1.14. The van der Waals surface area contributed by atoms with Crippen LogP contribution in [0.2, 0.25) is 0 Å². The van der Waals surface area contributed by atoms with Crippen molar-refractivity contribution in [3.8, 4) is 0 Å². The first kappa shape index (κ1) is 7.52. The van der Waals surface area contributed by atoms with Gasteiger partial charge in [-0.05, 0) is 12.1 Å². The molecular weight excluding hydrogens is 150 g/mol. The highest BCUT2D eigenvalue weighted by atomic mass is 16.7. The van der Waals surface area contributed by atoms with Crippen molar-refractivity contribution in [3.63, 3.8) is 0 Å². The lowest BCUT2D eigenvalue weighted by atomic mass is 10.3. The van der Waals surface area contributed by atoms with E-state index in [1.165, 1.54) is 7.11 Å². The van der Waals surface area contributed by atoms with Gasteiger partial charge in [-0.15, -0.1) is 5.10 Å². The van der Waals surface area contributed by atoms with E-state index in [1.54, 1.807) is 6.92 Å². The fraction of sp³-hybridized carbons (Fsp3) is 0.400. The molecule has 0 aliphatic heterocycles. The Hall–Kier alpha value is -1.59. The van der Waals surface area contributed by atoms with Crippen molar-refractivity contribution >= 4 is 5.97 Å². The van der Waals surface area contributed by atoms with E-state index in [0.29, 0.717) is 5.69 Å². The number of aromatic carboxylic acids is 1. The van der Waals surface area contributed by atoms with Gasteiger partial charge in [0, 0.05) is 0 Å². The lowest BCUT2D eigenvalue weighted by molar-refractivity contribution is 0.0688. The lowest BCUT2D eigenvalue weighted by Crippen LogP contribution is -2.10. The van der Waals surface area contributed by atoms with E-state index in [0.717, 1.165) is 4.85 Å². The molecule has 0 aromatic carbocycles. The molecule has 6 heteroatoms. The predicted octanol–water partition coefficient (Wildman–Crippen LogP) is -0.657. The maximum atomic E-state index is 10.4. The largest absolute Gasteiger partial charge is 0.476 e. The Morgan fingerprint density at radius 1 is 1.73 bits per heavy atom. The first-order chi connectivity index (χ1) is 5.16. The van der Waals surface area contributed by atoms with Crippen LogP contribution in [0.4, 0.5) is 0 Å². The first-order valence-electron chi connectivity index (χ1n) is 2.87. The molecule has 0 saturated heterocycles. The molecule has 0 bridgehead atoms. The Bertz CT molecular complexity index is 281. The monoisotopic (exact) mass is 157 g/mol. The Kier molecular flexibility index (Phi) is 1.75. The van der Waals surface area contributed by atoms with Crippen molar-refractivity contribution in [1.29, 1.82) is 0 Å². The van der Waals surface area contributed by atoms with Crippen molar-refractivity contribution in [2.45, 2.75) is 6.92 Å². The molecule has 1 heterocycles. The molecule has 0 amide bonds. The minimum atomic E-state index is -1.11. The molecule has 1 rings (SSSR count). The summed E-state index contributed by atoms with van der Waals surface area (Å²) in [5.74, 6) is -1.11. The molecular formula is C5H7N3O3. The zero-order valence-corrected chi connectivity index (χ0v) is 6.11. The van der Waals surface area contributed by atoms with Crippen LogP contribution in [0, 0.1) is 6.92 Å². The minimum Gasteiger partial charge on any atom is -0.476 e. The van der Waals surface area contributed by atoms with E-state index < -0.39 is 5.97 Å². The van der Waals surface area contributed by atoms with Crippen LogP contribution in [0.25, 0.3) is 0 Å². The van der Waals surface area contributed by atoms with Crippen molar-refractivity contribution in [2.75, 3.05) is 7.11 Å². The molecule has 0 spiro atoms. The summed E-state index contributed by atoms with van der Waals surface area (Å²) < 4.78 is 0. The summed E-state index contributed by atoms with van der Waals surface area (Å²) in [6, 6.07) is 0. The molecule has 1 N–H and O–H groups in total. The summed E-state index contributed by atoms with van der Waals surface area (Å²) in [6.45, 7) is 1.56. The lowest BCUT2D eigenvalue weighted by Gasteiger charge is -1.96. The Morgan fingerprint density at radius 3 is 2.64 bits per heavy atom. The molecule has 0 aliphatic rings. The second kappa shape index (κ2) is 2.57. The topological polar surface area (TPSA) is 77.2 Å². The van der Waals surface area contributed by atoms with Crippen LogP contribution in [0.15, 0.2) is 0 Å². The second-order valence-electron chi connectivity index (χ2n) is 1.88. The molecule has 1 aromatic heterocycles. The number of carboxylic acids is 1. The fourth-order valence-electron chi connectivity index (χ4n) is 0.686. The summed E-state index contributed by atoms with van der Waals surface area (Å²) in [6.07, 6.45) is 0. The normalized spacial score (nSPS) is 9.64. The molecule has 1 aromatic rings. The highest BCUT2D eigenvalue weighted by Gasteiger charge is 2.14. The van der Waals surface area contributed by atoms with Crippen LogP contribution in [0.3, 0.4) is 0 Å². The van der Waals surface area contributed by atoms with Gasteiger partial charge in [-0.2, -0.15) is 0 Å². The molecule has 0 atom stereocenters. The van der Waals surface area contributed by atoms with E-state index in [1.807, 2.05) is 0 Å². The van der Waals surface area contributed by atoms with Crippen molar-refractivity contribution in [3.05, 3.63) is 11.4 Å². The average Bonchev–Trinajstić information content (AvgIpc) is 2.30. The van der Waals surface area contributed by atoms with E-state index in [4.69, 9.17) is 5.11 Å². The van der Waals surface area contributed by atoms with Crippen LogP contribution < -0.4 is 4.84 Å². The second-order valence-corrected chi connectivity index (χ2v) is 1.88. The third-order valence-corrected chi connectivity index (χ3v) is 1.23. The van der Waals surface area contributed by atoms with Crippen LogP contribution in [0.5, 0.6) is 0 Å². The molecule has 0 fully saturated rings. The summed E-state index contributed by atoms with van der Waals surface area (Å²) in [7, 11) is 1.38. The van der Waals surface area contributed by atoms with Gasteiger partial charge in [-0.3, -0.25) is 0 Å². The van der Waals surface area contributed by atoms with Gasteiger partial charge in [0.25, 0.3) is 0 Å². The van der Waals surface area contributed by atoms with Gasteiger partial charge in [0.15, 0.2) is 5.69 Å². The maximum Gasteiger partial charge on any atom is 0.358 e. The number of rotatable bonds is 2. The smallest absolute Gasteiger partial charge is 0.358 e. The van der Waals surface area contributed by atoms with Crippen LogP contribution in [0.1, 0.15) is 16.2 Å².